The number of alkyl halides is 3. The van der Waals surface area contributed by atoms with E-state index in [0.717, 1.165) is 6.07 Å². The molecule has 0 aliphatic carbocycles. The van der Waals surface area contributed by atoms with E-state index < -0.39 is 28.1 Å². The molecular formula is C20H18Cl3NO5. The van der Waals surface area contributed by atoms with Crippen molar-refractivity contribution in [2.24, 2.45) is 5.41 Å². The molecule has 0 spiro atoms. The van der Waals surface area contributed by atoms with Crippen molar-refractivity contribution in [2.45, 2.75) is 12.0 Å². The van der Waals surface area contributed by atoms with Gasteiger partial charge < -0.3 is 15.2 Å². The van der Waals surface area contributed by atoms with Crippen LogP contribution in [0.1, 0.15) is 17.3 Å². The Morgan fingerprint density at radius 3 is 2.21 bits per heavy atom. The van der Waals surface area contributed by atoms with Gasteiger partial charge in [-0.1, -0.05) is 42.8 Å². The largest absolute Gasteiger partial charge is 0.478 e. The van der Waals surface area contributed by atoms with Crippen molar-refractivity contribution in [3.63, 3.8) is 0 Å². The maximum absolute atomic E-state index is 13.2. The van der Waals surface area contributed by atoms with Crippen molar-refractivity contribution in [1.29, 1.82) is 0 Å². The SMILES string of the molecule is CC(CCl)(CCl)C(=O)C(Cl)(Oc1cccc(C(=O)O)c1)C(=O)Nc1ccccc1. The van der Waals surface area contributed by atoms with Gasteiger partial charge in [-0.15, -0.1) is 23.2 Å². The number of hydrogen-bond acceptors (Lipinski definition) is 4. The number of Topliss-reactive ketones (excluding diaryl/α,β-unsaturated/α-hetero) is 1. The average Bonchev–Trinajstić information content (AvgIpc) is 2.73. The van der Waals surface area contributed by atoms with E-state index >= 15 is 0 Å². The number of ether oxygens (including phenoxy) is 1. The highest BCUT2D eigenvalue weighted by Crippen LogP contribution is 2.35. The number of nitrogens with one attached hydrogen (secondary N) is 1. The minimum atomic E-state index is -2.54. The molecule has 29 heavy (non-hydrogen) atoms. The second-order valence-electron chi connectivity index (χ2n) is 6.51. The van der Waals surface area contributed by atoms with Crippen molar-refractivity contribution >= 4 is 58.1 Å². The number of halogens is 3. The molecule has 2 aromatic carbocycles. The monoisotopic (exact) mass is 457 g/mol. The Labute approximate surface area is 182 Å². The van der Waals surface area contributed by atoms with Gasteiger partial charge in [0.15, 0.2) is 0 Å². The zero-order valence-corrected chi connectivity index (χ0v) is 17.6. The van der Waals surface area contributed by atoms with E-state index in [1.54, 1.807) is 30.3 Å². The molecule has 1 atom stereocenters. The summed E-state index contributed by atoms with van der Waals surface area (Å²) in [5, 5.41) is 9.14. The number of aromatic carboxylic acids is 1. The minimum Gasteiger partial charge on any atom is -0.478 e. The van der Waals surface area contributed by atoms with Crippen LogP contribution in [0, 0.1) is 5.41 Å². The number of carbonyl (C=O) groups excluding carboxylic acids is 2. The van der Waals surface area contributed by atoms with Gasteiger partial charge in [-0.05, 0) is 30.3 Å². The zero-order chi connectivity index (χ0) is 21.7. The summed E-state index contributed by atoms with van der Waals surface area (Å²) < 4.78 is 5.56. The first-order valence-electron chi connectivity index (χ1n) is 8.41. The Bertz CT molecular complexity index is 902. The standard InChI is InChI=1S/C20H18Cl3NO5/c1-19(11-21,12-22)17(27)20(23,18(28)24-14-7-3-2-4-8-14)29-15-9-5-6-13(10-15)16(25)26/h2-10H,11-12H2,1H3,(H,24,28)(H,25,26). The molecule has 154 valence electrons. The number of carbonyl (C=O) groups is 3. The molecule has 0 fully saturated rings. The van der Waals surface area contributed by atoms with Crippen LogP contribution in [0.4, 0.5) is 5.69 Å². The number of carboxylic acid groups (broad SMARTS) is 1. The van der Waals surface area contributed by atoms with Crippen LogP contribution in [-0.4, -0.2) is 39.6 Å². The molecule has 6 nitrogen and oxygen atoms in total. The molecule has 0 aromatic heterocycles. The average molecular weight is 459 g/mol. The number of carboxylic acids is 1. The van der Waals surface area contributed by atoms with Crippen LogP contribution >= 0.6 is 34.8 Å². The molecule has 0 heterocycles. The summed E-state index contributed by atoms with van der Waals surface area (Å²) in [6.07, 6.45) is 0. The van der Waals surface area contributed by atoms with Crippen molar-refractivity contribution in [1.82, 2.24) is 0 Å². The molecule has 0 radical (unpaired) electrons. The van der Waals surface area contributed by atoms with Crippen molar-refractivity contribution in [3.05, 3.63) is 60.2 Å². The fourth-order valence-corrected chi connectivity index (χ4v) is 3.22. The van der Waals surface area contributed by atoms with Gasteiger partial charge in [-0.3, -0.25) is 9.59 Å². The van der Waals surface area contributed by atoms with E-state index in [9.17, 15) is 14.4 Å². The third-order valence-electron chi connectivity index (χ3n) is 4.09. The van der Waals surface area contributed by atoms with E-state index in [1.165, 1.54) is 25.1 Å². The fourth-order valence-electron chi connectivity index (χ4n) is 2.33. The van der Waals surface area contributed by atoms with Crippen LogP contribution in [-0.2, 0) is 9.59 Å². The molecule has 0 saturated heterocycles. The lowest BCUT2D eigenvalue weighted by atomic mass is 9.86. The van der Waals surface area contributed by atoms with Gasteiger partial charge in [0.2, 0.25) is 5.78 Å². The summed E-state index contributed by atoms with van der Waals surface area (Å²) in [5.41, 5.74) is -1.09. The van der Waals surface area contributed by atoms with Crippen LogP contribution in [0.3, 0.4) is 0 Å². The summed E-state index contributed by atoms with van der Waals surface area (Å²) >= 11 is 18.3. The molecule has 2 rings (SSSR count). The number of hydrogen-bond donors (Lipinski definition) is 2. The molecule has 2 aromatic rings. The third kappa shape index (κ3) is 5.21. The zero-order valence-electron chi connectivity index (χ0n) is 15.3. The summed E-state index contributed by atoms with van der Waals surface area (Å²) in [7, 11) is 0. The molecule has 9 heteroatoms. The van der Waals surface area contributed by atoms with Crippen molar-refractivity contribution in [3.8, 4) is 5.75 Å². The number of benzene rings is 2. The number of anilines is 1. The fraction of sp³-hybridized carbons (Fsp3) is 0.250. The number of ketones is 1. The Morgan fingerprint density at radius 1 is 1.03 bits per heavy atom. The first kappa shape index (κ1) is 23.0. The molecule has 0 saturated carbocycles. The van der Waals surface area contributed by atoms with Gasteiger partial charge in [-0.2, -0.15) is 0 Å². The first-order chi connectivity index (χ1) is 13.7. The quantitative estimate of drug-likeness (QED) is 0.429. The van der Waals surface area contributed by atoms with Crippen molar-refractivity contribution < 1.29 is 24.2 Å². The van der Waals surface area contributed by atoms with Gasteiger partial charge >= 0.3 is 11.0 Å². The Morgan fingerprint density at radius 2 is 1.66 bits per heavy atom. The lowest BCUT2D eigenvalue weighted by Gasteiger charge is -2.33. The second kappa shape index (κ2) is 9.48. The highest BCUT2D eigenvalue weighted by molar-refractivity contribution is 6.48. The van der Waals surface area contributed by atoms with E-state index in [0.29, 0.717) is 5.69 Å². The van der Waals surface area contributed by atoms with E-state index in [2.05, 4.69) is 5.32 Å². The summed E-state index contributed by atoms with van der Waals surface area (Å²) in [6, 6.07) is 13.6. The molecule has 2 N–H and O–H groups in total. The van der Waals surface area contributed by atoms with Crippen LogP contribution in [0.2, 0.25) is 0 Å². The third-order valence-corrected chi connectivity index (χ3v) is 5.69. The van der Waals surface area contributed by atoms with E-state index in [1.807, 2.05) is 0 Å². The number of amides is 1. The number of rotatable bonds is 9. The normalized spacial score (nSPS) is 13.2. The van der Waals surface area contributed by atoms with Gasteiger partial charge in [-0.25, -0.2) is 4.79 Å². The highest BCUT2D eigenvalue weighted by Gasteiger charge is 2.54. The van der Waals surface area contributed by atoms with Gasteiger partial charge in [0.05, 0.1) is 11.0 Å². The van der Waals surface area contributed by atoms with Crippen LogP contribution in [0.25, 0.3) is 0 Å². The Kier molecular flexibility index (Phi) is 7.52. The molecule has 0 bridgehead atoms. The number of para-hydroxylation sites is 1. The summed E-state index contributed by atoms with van der Waals surface area (Å²) in [5.74, 6) is -3.52. The summed E-state index contributed by atoms with van der Waals surface area (Å²) in [6.45, 7) is 1.46. The highest BCUT2D eigenvalue weighted by atomic mass is 35.5. The Hall–Kier alpha value is -2.28. The molecule has 0 aliphatic heterocycles. The van der Waals surface area contributed by atoms with Crippen LogP contribution in [0.5, 0.6) is 5.75 Å². The second-order valence-corrected chi connectivity index (χ2v) is 7.57. The molecule has 0 aliphatic rings. The van der Waals surface area contributed by atoms with E-state index in [-0.39, 0.29) is 23.1 Å². The Balaban J connectivity index is 2.47. The predicted octanol–water partition coefficient (Wildman–Crippen LogP) is 4.39. The smallest absolute Gasteiger partial charge is 0.335 e. The maximum Gasteiger partial charge on any atom is 0.335 e. The van der Waals surface area contributed by atoms with Gasteiger partial charge in [0.1, 0.15) is 5.75 Å². The van der Waals surface area contributed by atoms with Gasteiger partial charge in [0.25, 0.3) is 5.91 Å². The van der Waals surface area contributed by atoms with Crippen LogP contribution < -0.4 is 10.1 Å². The van der Waals surface area contributed by atoms with Gasteiger partial charge in [0, 0.05) is 17.4 Å². The summed E-state index contributed by atoms with van der Waals surface area (Å²) in [4.78, 5) is 37.4. The van der Waals surface area contributed by atoms with Crippen LogP contribution in [0.15, 0.2) is 54.6 Å². The minimum absolute atomic E-state index is 0.0806. The molecule has 1 unspecified atom stereocenters. The van der Waals surface area contributed by atoms with Crippen molar-refractivity contribution in [2.75, 3.05) is 17.1 Å². The predicted molar refractivity (Wildman–Crippen MR) is 112 cm³/mol. The van der Waals surface area contributed by atoms with E-state index in [4.69, 9.17) is 44.6 Å². The lowest BCUT2D eigenvalue weighted by Crippen LogP contribution is -2.56. The topological polar surface area (TPSA) is 92.7 Å². The molecule has 1 amide bonds. The first-order valence-corrected chi connectivity index (χ1v) is 9.85. The lowest BCUT2D eigenvalue weighted by molar-refractivity contribution is -0.143. The maximum atomic E-state index is 13.2. The molecular weight excluding hydrogens is 441 g/mol.